The molecule has 4 rings (SSSR count). The van der Waals surface area contributed by atoms with Gasteiger partial charge in [0.05, 0.1) is 6.04 Å². The van der Waals surface area contributed by atoms with Gasteiger partial charge in [-0.05, 0) is 25.0 Å². The van der Waals surface area contributed by atoms with E-state index < -0.39 is 0 Å². The molecule has 8 heteroatoms. The second-order valence-electron chi connectivity index (χ2n) is 7.23. The molecule has 148 valence electrons. The fraction of sp³-hybridized carbons (Fsp3) is 0.500. The molecule has 0 N–H and O–H groups in total. The zero-order chi connectivity index (χ0) is 19.5. The Hall–Kier alpha value is -2.90. The fourth-order valence-electron chi connectivity index (χ4n) is 3.98. The summed E-state index contributed by atoms with van der Waals surface area (Å²) in [6.07, 6.45) is 2.49. The summed E-state index contributed by atoms with van der Waals surface area (Å²) in [6, 6.07) is 9.27. The minimum Gasteiger partial charge on any atom is -0.484 e. The molecule has 0 aliphatic carbocycles. The van der Waals surface area contributed by atoms with Crippen LogP contribution in [-0.2, 0) is 22.6 Å². The molecule has 2 aliphatic heterocycles. The van der Waals surface area contributed by atoms with Crippen molar-refractivity contribution in [3.8, 4) is 5.75 Å². The number of likely N-dealkylation sites (tertiary alicyclic amines) is 1. The molecular formula is C20H25N5O3. The molecule has 0 unspecified atom stereocenters. The molecule has 8 nitrogen and oxygen atoms in total. The molecular weight excluding hydrogens is 358 g/mol. The van der Waals surface area contributed by atoms with E-state index in [2.05, 4.69) is 14.8 Å². The zero-order valence-corrected chi connectivity index (χ0v) is 16.1. The lowest BCUT2D eigenvalue weighted by atomic mass is 10.2. The van der Waals surface area contributed by atoms with E-state index in [1.54, 1.807) is 6.92 Å². The number of nitrogens with zero attached hydrogens (tertiary/aromatic N) is 5. The average molecular weight is 383 g/mol. The van der Waals surface area contributed by atoms with E-state index in [-0.39, 0.29) is 24.5 Å². The van der Waals surface area contributed by atoms with Crippen molar-refractivity contribution in [3.05, 3.63) is 42.0 Å². The molecule has 2 aromatic rings. The maximum absolute atomic E-state index is 12.8. The Morgan fingerprint density at radius 3 is 2.71 bits per heavy atom. The van der Waals surface area contributed by atoms with E-state index in [0.717, 1.165) is 24.5 Å². The lowest BCUT2D eigenvalue weighted by Crippen LogP contribution is -2.36. The summed E-state index contributed by atoms with van der Waals surface area (Å²) in [5, 5.41) is 8.77. The molecule has 2 amide bonds. The molecule has 0 radical (unpaired) electrons. The molecule has 0 saturated carbocycles. The predicted octanol–water partition coefficient (Wildman–Crippen LogP) is 1.43. The smallest absolute Gasteiger partial charge is 0.261 e. The van der Waals surface area contributed by atoms with Gasteiger partial charge in [-0.2, -0.15) is 0 Å². The number of hydrogen-bond acceptors (Lipinski definition) is 5. The highest BCUT2D eigenvalue weighted by atomic mass is 16.5. The van der Waals surface area contributed by atoms with Crippen LogP contribution in [0, 0.1) is 0 Å². The van der Waals surface area contributed by atoms with Crippen LogP contribution in [0.1, 0.15) is 37.5 Å². The van der Waals surface area contributed by atoms with Crippen LogP contribution in [0.3, 0.4) is 0 Å². The van der Waals surface area contributed by atoms with Gasteiger partial charge in [-0.3, -0.25) is 9.59 Å². The van der Waals surface area contributed by atoms with E-state index in [1.165, 1.54) is 0 Å². The second kappa shape index (κ2) is 8.00. The van der Waals surface area contributed by atoms with Gasteiger partial charge in [0.25, 0.3) is 5.91 Å². The van der Waals surface area contributed by atoms with Crippen LogP contribution in [0.5, 0.6) is 5.75 Å². The standard InChI is InChI=1S/C20H25N5O3/c1-15(26)23-11-9-18-21-22-20(25(18)13-12-23)17-8-5-10-24(17)19(27)14-28-16-6-3-2-4-7-16/h2-4,6-7,17H,5,8-14H2,1H3/t17-/m0/s1. The summed E-state index contributed by atoms with van der Waals surface area (Å²) >= 11 is 0. The van der Waals surface area contributed by atoms with E-state index in [0.29, 0.717) is 38.3 Å². The third-order valence-corrected chi connectivity index (χ3v) is 5.48. The van der Waals surface area contributed by atoms with Gasteiger partial charge in [0, 0.05) is 39.5 Å². The number of amides is 2. The number of carbonyl (C=O) groups is 2. The van der Waals surface area contributed by atoms with E-state index in [9.17, 15) is 9.59 Å². The van der Waals surface area contributed by atoms with Crippen LogP contribution >= 0.6 is 0 Å². The summed E-state index contributed by atoms with van der Waals surface area (Å²) in [5.74, 6) is 2.44. The lowest BCUT2D eigenvalue weighted by molar-refractivity contribution is -0.134. The van der Waals surface area contributed by atoms with Crippen molar-refractivity contribution in [2.75, 3.05) is 26.2 Å². The van der Waals surface area contributed by atoms with Crippen LogP contribution in [0.15, 0.2) is 30.3 Å². The average Bonchev–Trinajstić information content (AvgIpc) is 3.28. The van der Waals surface area contributed by atoms with E-state index in [4.69, 9.17) is 4.74 Å². The van der Waals surface area contributed by atoms with Crippen molar-refractivity contribution in [3.63, 3.8) is 0 Å². The lowest BCUT2D eigenvalue weighted by Gasteiger charge is -2.25. The first-order valence-corrected chi connectivity index (χ1v) is 9.78. The molecule has 1 fully saturated rings. The summed E-state index contributed by atoms with van der Waals surface area (Å²) in [6.45, 7) is 4.27. The van der Waals surface area contributed by atoms with Gasteiger partial charge in [-0.1, -0.05) is 18.2 Å². The number of benzene rings is 1. The molecule has 28 heavy (non-hydrogen) atoms. The highest BCUT2D eigenvalue weighted by Gasteiger charge is 2.35. The summed E-state index contributed by atoms with van der Waals surface area (Å²) < 4.78 is 7.74. The van der Waals surface area contributed by atoms with Gasteiger partial charge >= 0.3 is 0 Å². The van der Waals surface area contributed by atoms with Gasteiger partial charge in [0.2, 0.25) is 5.91 Å². The Bertz CT molecular complexity index is 851. The molecule has 1 saturated heterocycles. The molecule has 1 atom stereocenters. The highest BCUT2D eigenvalue weighted by Crippen LogP contribution is 2.32. The Morgan fingerprint density at radius 1 is 1.11 bits per heavy atom. The topological polar surface area (TPSA) is 80.6 Å². The Labute approximate surface area is 164 Å². The number of hydrogen-bond donors (Lipinski definition) is 0. The maximum Gasteiger partial charge on any atom is 0.261 e. The minimum absolute atomic E-state index is 0.0135. The third kappa shape index (κ3) is 3.72. The number of rotatable bonds is 4. The minimum atomic E-state index is -0.0861. The predicted molar refractivity (Wildman–Crippen MR) is 102 cm³/mol. The number of carbonyl (C=O) groups excluding carboxylic acids is 2. The first-order chi connectivity index (χ1) is 13.6. The number of ether oxygens (including phenoxy) is 1. The van der Waals surface area contributed by atoms with Crippen LogP contribution in [-0.4, -0.2) is 62.6 Å². The molecule has 1 aromatic heterocycles. The monoisotopic (exact) mass is 383 g/mol. The van der Waals surface area contributed by atoms with Gasteiger partial charge in [-0.25, -0.2) is 0 Å². The number of para-hydroxylation sites is 1. The van der Waals surface area contributed by atoms with Gasteiger partial charge < -0.3 is 19.1 Å². The van der Waals surface area contributed by atoms with Gasteiger partial charge in [-0.15, -0.1) is 10.2 Å². The SMILES string of the molecule is CC(=O)N1CCc2nnc([C@@H]3CCCN3C(=O)COc3ccccc3)n2CC1. The maximum atomic E-state index is 12.8. The zero-order valence-electron chi connectivity index (χ0n) is 16.1. The summed E-state index contributed by atoms with van der Waals surface area (Å²) in [7, 11) is 0. The first kappa shape index (κ1) is 18.5. The summed E-state index contributed by atoms with van der Waals surface area (Å²) in [5.41, 5.74) is 0. The van der Waals surface area contributed by atoms with Crippen molar-refractivity contribution in [2.24, 2.45) is 0 Å². The Kier molecular flexibility index (Phi) is 5.27. The Morgan fingerprint density at radius 2 is 1.93 bits per heavy atom. The molecule has 1 aromatic carbocycles. The van der Waals surface area contributed by atoms with Crippen LogP contribution in [0.2, 0.25) is 0 Å². The van der Waals surface area contributed by atoms with Crippen LogP contribution in [0.25, 0.3) is 0 Å². The fourth-order valence-corrected chi connectivity index (χ4v) is 3.98. The van der Waals surface area contributed by atoms with Gasteiger partial charge in [0.15, 0.2) is 12.4 Å². The Balaban J connectivity index is 1.46. The van der Waals surface area contributed by atoms with Crippen LogP contribution in [0.4, 0.5) is 0 Å². The van der Waals surface area contributed by atoms with Crippen molar-refractivity contribution in [2.45, 2.75) is 38.8 Å². The molecule has 0 spiro atoms. The third-order valence-electron chi connectivity index (χ3n) is 5.48. The van der Waals surface area contributed by atoms with Crippen molar-refractivity contribution < 1.29 is 14.3 Å². The molecule has 2 aliphatic rings. The number of fused-ring (bicyclic) bond motifs is 1. The van der Waals surface area contributed by atoms with E-state index >= 15 is 0 Å². The molecule has 3 heterocycles. The molecule has 0 bridgehead atoms. The van der Waals surface area contributed by atoms with Crippen molar-refractivity contribution in [1.29, 1.82) is 0 Å². The highest BCUT2D eigenvalue weighted by molar-refractivity contribution is 5.78. The van der Waals surface area contributed by atoms with E-state index in [1.807, 2.05) is 40.1 Å². The summed E-state index contributed by atoms with van der Waals surface area (Å²) in [4.78, 5) is 28.2. The first-order valence-electron chi connectivity index (χ1n) is 9.78. The normalized spacial score (nSPS) is 19.2. The van der Waals surface area contributed by atoms with Gasteiger partial charge in [0.1, 0.15) is 11.6 Å². The number of aromatic nitrogens is 3. The van der Waals surface area contributed by atoms with Crippen LogP contribution < -0.4 is 4.74 Å². The second-order valence-corrected chi connectivity index (χ2v) is 7.23. The van der Waals surface area contributed by atoms with Crippen molar-refractivity contribution in [1.82, 2.24) is 24.6 Å². The van der Waals surface area contributed by atoms with Crippen molar-refractivity contribution >= 4 is 11.8 Å². The largest absolute Gasteiger partial charge is 0.484 e. The quantitative estimate of drug-likeness (QED) is 0.798.